The van der Waals surface area contributed by atoms with Crippen molar-refractivity contribution in [3.63, 3.8) is 0 Å². The van der Waals surface area contributed by atoms with Crippen molar-refractivity contribution in [2.75, 3.05) is 5.75 Å². The molecule has 1 aromatic rings. The van der Waals surface area contributed by atoms with E-state index in [-0.39, 0.29) is 23.6 Å². The Balaban J connectivity index is 2.09. The van der Waals surface area contributed by atoms with Crippen LogP contribution < -0.4 is 4.18 Å². The molecule has 2 rings (SSSR count). The molecule has 1 aliphatic carbocycles. The van der Waals surface area contributed by atoms with E-state index in [1.165, 1.54) is 0 Å². The highest BCUT2D eigenvalue weighted by Gasteiger charge is 2.29. The summed E-state index contributed by atoms with van der Waals surface area (Å²) in [5.41, 5.74) is 0.980. The van der Waals surface area contributed by atoms with Crippen molar-refractivity contribution < 1.29 is 17.4 Å². The van der Waals surface area contributed by atoms with E-state index in [2.05, 4.69) is 13.8 Å². The van der Waals surface area contributed by atoms with Crippen molar-refractivity contribution >= 4 is 16.0 Å². The Labute approximate surface area is 151 Å². The monoisotopic (exact) mass is 367 g/mol. The molecule has 0 aromatic heterocycles. The van der Waals surface area contributed by atoms with Crippen LogP contribution in [0.15, 0.2) is 24.3 Å². The van der Waals surface area contributed by atoms with E-state index in [0.29, 0.717) is 12.3 Å². The molecule has 1 unspecified atom stereocenters. The summed E-state index contributed by atoms with van der Waals surface area (Å²) >= 11 is 0. The van der Waals surface area contributed by atoms with Gasteiger partial charge in [-0.25, -0.2) is 0 Å². The molecule has 25 heavy (non-hydrogen) atoms. The number of hydrogen-bond acceptors (Lipinski definition) is 4. The molecule has 0 N–H and O–H groups in total. The molecule has 1 aliphatic rings. The van der Waals surface area contributed by atoms with E-state index in [9.17, 15) is 13.2 Å². The van der Waals surface area contributed by atoms with Gasteiger partial charge in [-0.3, -0.25) is 4.79 Å². The Bertz CT molecular complexity index is 663. The van der Waals surface area contributed by atoms with Crippen LogP contribution in [0.3, 0.4) is 0 Å². The molecule has 0 bridgehead atoms. The lowest BCUT2D eigenvalue weighted by atomic mass is 10.0. The molecule has 0 spiro atoms. The third-order valence-corrected chi connectivity index (χ3v) is 6.12. The van der Waals surface area contributed by atoms with E-state index in [0.717, 1.165) is 37.7 Å². The van der Waals surface area contributed by atoms with Crippen molar-refractivity contribution in [3.8, 4) is 5.75 Å². The molecule has 1 atom stereocenters. The molecule has 140 valence electrons. The quantitative estimate of drug-likeness (QED) is 0.657. The van der Waals surface area contributed by atoms with Crippen LogP contribution in [0, 0.1) is 5.92 Å². The van der Waals surface area contributed by atoms with Crippen LogP contribution in [-0.2, 0) is 21.5 Å². The molecule has 0 heterocycles. The summed E-state index contributed by atoms with van der Waals surface area (Å²) in [5.74, 6) is 0.654. The third-order valence-electron chi connectivity index (χ3n) is 4.96. The summed E-state index contributed by atoms with van der Waals surface area (Å²) in [6.07, 6.45) is 5.18. The van der Waals surface area contributed by atoms with Gasteiger partial charge in [-0.1, -0.05) is 31.9 Å². The van der Waals surface area contributed by atoms with Gasteiger partial charge in [-0.2, -0.15) is 8.42 Å². The fourth-order valence-electron chi connectivity index (χ4n) is 3.13. The first-order valence-corrected chi connectivity index (χ1v) is 10.8. The lowest BCUT2D eigenvalue weighted by Gasteiger charge is -2.31. The van der Waals surface area contributed by atoms with Gasteiger partial charge in [0, 0.05) is 18.5 Å². The molecule has 0 saturated heterocycles. The number of amides is 1. The predicted octanol–water partition coefficient (Wildman–Crippen LogP) is 3.73. The standard InChI is InChI=1S/C19H29NO4S/c1-4-15(3)20(19(21)17-8-6-7-9-17)14-16-10-12-18(13-11-16)24-25(22,23)5-2/h10-13,15,17H,4-9,14H2,1-3H3. The zero-order valence-corrected chi connectivity index (χ0v) is 16.2. The number of carbonyl (C=O) groups is 1. The smallest absolute Gasteiger partial charge is 0.308 e. The average Bonchev–Trinajstić information content (AvgIpc) is 3.14. The molecule has 6 heteroatoms. The second-order valence-corrected chi connectivity index (χ2v) is 8.64. The highest BCUT2D eigenvalue weighted by molar-refractivity contribution is 7.87. The van der Waals surface area contributed by atoms with Gasteiger partial charge in [-0.05, 0) is 50.8 Å². The molecule has 1 fully saturated rings. The van der Waals surface area contributed by atoms with E-state index in [1.54, 1.807) is 19.1 Å². The molecule has 1 amide bonds. The number of nitrogens with zero attached hydrogens (tertiary/aromatic N) is 1. The maximum atomic E-state index is 12.9. The van der Waals surface area contributed by atoms with E-state index < -0.39 is 10.1 Å². The van der Waals surface area contributed by atoms with Crippen LogP contribution in [0.1, 0.15) is 58.4 Å². The maximum absolute atomic E-state index is 12.9. The van der Waals surface area contributed by atoms with Crippen molar-refractivity contribution in [2.45, 2.75) is 65.5 Å². The molecule has 1 saturated carbocycles. The minimum Gasteiger partial charge on any atom is -0.382 e. The zero-order valence-electron chi connectivity index (χ0n) is 15.4. The largest absolute Gasteiger partial charge is 0.382 e. The van der Waals surface area contributed by atoms with Gasteiger partial charge in [-0.15, -0.1) is 0 Å². The van der Waals surface area contributed by atoms with Gasteiger partial charge in [0.1, 0.15) is 5.75 Å². The fourth-order valence-corrected chi connectivity index (χ4v) is 3.65. The summed E-state index contributed by atoms with van der Waals surface area (Å²) in [7, 11) is -3.51. The van der Waals surface area contributed by atoms with Crippen LogP contribution in [0.2, 0.25) is 0 Å². The fraction of sp³-hybridized carbons (Fsp3) is 0.632. The van der Waals surface area contributed by atoms with Crippen LogP contribution in [0.4, 0.5) is 0 Å². The predicted molar refractivity (Wildman–Crippen MR) is 98.8 cm³/mol. The van der Waals surface area contributed by atoms with Crippen LogP contribution in [-0.4, -0.2) is 31.0 Å². The van der Waals surface area contributed by atoms with E-state index in [1.807, 2.05) is 17.0 Å². The second kappa shape index (κ2) is 8.70. The lowest BCUT2D eigenvalue weighted by molar-refractivity contribution is -0.138. The van der Waals surface area contributed by atoms with Crippen LogP contribution >= 0.6 is 0 Å². The van der Waals surface area contributed by atoms with Gasteiger partial charge in [0.05, 0.1) is 5.75 Å². The molecule has 1 aromatic carbocycles. The molecular formula is C19H29NO4S. The average molecular weight is 368 g/mol. The Morgan fingerprint density at radius 3 is 2.32 bits per heavy atom. The van der Waals surface area contributed by atoms with Gasteiger partial charge >= 0.3 is 10.1 Å². The normalized spacial score (nSPS) is 16.6. The SMILES string of the molecule is CCC(C)N(Cc1ccc(OS(=O)(=O)CC)cc1)C(=O)C1CCCC1. The topological polar surface area (TPSA) is 63.7 Å². The number of benzene rings is 1. The first-order valence-electron chi connectivity index (χ1n) is 9.17. The molecule has 0 radical (unpaired) electrons. The van der Waals surface area contributed by atoms with E-state index >= 15 is 0 Å². The van der Waals surface area contributed by atoms with Crippen molar-refractivity contribution in [3.05, 3.63) is 29.8 Å². The first-order chi connectivity index (χ1) is 11.9. The molecule has 5 nitrogen and oxygen atoms in total. The lowest BCUT2D eigenvalue weighted by Crippen LogP contribution is -2.40. The van der Waals surface area contributed by atoms with Crippen molar-refractivity contribution in [1.29, 1.82) is 0 Å². The molecule has 0 aliphatic heterocycles. The Hall–Kier alpha value is -1.56. The van der Waals surface area contributed by atoms with Gasteiger partial charge in [0.25, 0.3) is 0 Å². The van der Waals surface area contributed by atoms with Gasteiger partial charge in [0.2, 0.25) is 5.91 Å². The van der Waals surface area contributed by atoms with Crippen molar-refractivity contribution in [1.82, 2.24) is 4.90 Å². The Morgan fingerprint density at radius 2 is 1.80 bits per heavy atom. The number of carbonyl (C=O) groups excluding carboxylic acids is 1. The Kier molecular flexibility index (Phi) is 6.87. The highest BCUT2D eigenvalue weighted by atomic mass is 32.2. The zero-order chi connectivity index (χ0) is 18.4. The Morgan fingerprint density at radius 1 is 1.20 bits per heavy atom. The summed E-state index contributed by atoms with van der Waals surface area (Å²) < 4.78 is 28.0. The summed E-state index contributed by atoms with van der Waals surface area (Å²) in [4.78, 5) is 14.8. The van der Waals surface area contributed by atoms with Crippen molar-refractivity contribution in [2.24, 2.45) is 5.92 Å². The van der Waals surface area contributed by atoms with Gasteiger partial charge in [0.15, 0.2) is 0 Å². The third kappa shape index (κ3) is 5.46. The summed E-state index contributed by atoms with van der Waals surface area (Å²) in [6.45, 7) is 6.26. The minimum atomic E-state index is -3.51. The summed E-state index contributed by atoms with van der Waals surface area (Å²) in [5, 5.41) is 0. The maximum Gasteiger partial charge on any atom is 0.308 e. The van der Waals surface area contributed by atoms with Gasteiger partial charge < -0.3 is 9.08 Å². The second-order valence-electron chi connectivity index (χ2n) is 6.78. The number of hydrogen-bond donors (Lipinski definition) is 0. The molecular weight excluding hydrogens is 338 g/mol. The first kappa shape index (κ1) is 19.8. The minimum absolute atomic E-state index is 0.0631. The highest BCUT2D eigenvalue weighted by Crippen LogP contribution is 2.28. The number of rotatable bonds is 8. The van der Waals surface area contributed by atoms with Crippen LogP contribution in [0.5, 0.6) is 5.75 Å². The van der Waals surface area contributed by atoms with E-state index in [4.69, 9.17) is 4.18 Å². The summed E-state index contributed by atoms with van der Waals surface area (Å²) in [6, 6.07) is 7.15. The van der Waals surface area contributed by atoms with Crippen LogP contribution in [0.25, 0.3) is 0 Å².